The monoisotopic (exact) mass is 277 g/mol. The molecule has 0 aliphatic carbocycles. The van der Waals surface area contributed by atoms with Crippen LogP contribution in [0.4, 0.5) is 0 Å². The van der Waals surface area contributed by atoms with Crippen LogP contribution in [0, 0.1) is 0 Å². The Hall–Kier alpha value is -2.61. The van der Waals surface area contributed by atoms with Crippen LogP contribution < -0.4 is 5.32 Å². The Morgan fingerprint density at radius 2 is 1.62 bits per heavy atom. The van der Waals surface area contributed by atoms with Crippen molar-refractivity contribution in [3.63, 3.8) is 0 Å². The molecular weight excluding hydrogens is 258 g/mol. The largest absolute Gasteiger partial charge is 0.348 e. The third-order valence-corrected chi connectivity index (χ3v) is 3.01. The highest BCUT2D eigenvalue weighted by Gasteiger charge is 1.97. The highest BCUT2D eigenvalue weighted by molar-refractivity contribution is 5.88. The van der Waals surface area contributed by atoms with E-state index in [2.05, 4.69) is 5.32 Å². The average Bonchev–Trinajstić information content (AvgIpc) is 2.53. The number of carbonyl (C=O) groups is 1. The quantitative estimate of drug-likeness (QED) is 0.650. The van der Waals surface area contributed by atoms with Gasteiger partial charge < -0.3 is 5.32 Å². The summed E-state index contributed by atoms with van der Waals surface area (Å²) in [5.74, 6) is -0.0749. The highest BCUT2D eigenvalue weighted by atomic mass is 16.1. The van der Waals surface area contributed by atoms with Gasteiger partial charge in [-0.3, -0.25) is 4.79 Å². The molecule has 0 unspecified atom stereocenters. The maximum absolute atomic E-state index is 11.8. The zero-order chi connectivity index (χ0) is 14.9. The second kappa shape index (κ2) is 7.85. The summed E-state index contributed by atoms with van der Waals surface area (Å²) in [6.07, 6.45) is 5.55. The molecule has 2 nitrogen and oxygen atoms in total. The Morgan fingerprint density at radius 3 is 2.29 bits per heavy atom. The number of hydrogen-bond donors (Lipinski definition) is 1. The fraction of sp³-hybridized carbons (Fsp3) is 0.105. The number of allylic oxidation sites excluding steroid dienone is 2. The van der Waals surface area contributed by atoms with Crippen molar-refractivity contribution >= 4 is 12.0 Å². The Labute approximate surface area is 125 Å². The lowest BCUT2D eigenvalue weighted by atomic mass is 10.1. The van der Waals surface area contributed by atoms with E-state index >= 15 is 0 Å². The number of benzene rings is 2. The summed E-state index contributed by atoms with van der Waals surface area (Å²) < 4.78 is 0. The lowest BCUT2D eigenvalue weighted by Gasteiger charge is -2.02. The van der Waals surface area contributed by atoms with Crippen molar-refractivity contribution in [3.05, 3.63) is 89.5 Å². The zero-order valence-electron chi connectivity index (χ0n) is 12.1. The number of nitrogens with one attached hydrogen (secondary N) is 1. The molecule has 0 bridgehead atoms. The molecule has 1 amide bonds. The van der Waals surface area contributed by atoms with E-state index in [4.69, 9.17) is 0 Å². The van der Waals surface area contributed by atoms with Gasteiger partial charge in [0, 0.05) is 12.6 Å². The Balaban J connectivity index is 1.87. The van der Waals surface area contributed by atoms with Gasteiger partial charge in [-0.15, -0.1) is 0 Å². The van der Waals surface area contributed by atoms with Crippen LogP contribution in [0.1, 0.15) is 18.1 Å². The van der Waals surface area contributed by atoms with Crippen molar-refractivity contribution in [2.24, 2.45) is 0 Å². The van der Waals surface area contributed by atoms with Crippen molar-refractivity contribution in [1.82, 2.24) is 5.32 Å². The minimum Gasteiger partial charge on any atom is -0.348 e. The summed E-state index contributed by atoms with van der Waals surface area (Å²) in [6, 6.07) is 19.9. The van der Waals surface area contributed by atoms with E-state index in [-0.39, 0.29) is 5.91 Å². The smallest absolute Gasteiger partial charge is 0.244 e. The first-order valence-electron chi connectivity index (χ1n) is 6.97. The van der Waals surface area contributed by atoms with E-state index < -0.39 is 0 Å². The third-order valence-electron chi connectivity index (χ3n) is 3.01. The van der Waals surface area contributed by atoms with Gasteiger partial charge >= 0.3 is 0 Å². The van der Waals surface area contributed by atoms with Crippen LogP contribution in [0.5, 0.6) is 0 Å². The number of carbonyl (C=O) groups excluding carboxylic acids is 1. The van der Waals surface area contributed by atoms with E-state index in [1.807, 2.05) is 79.7 Å². The van der Waals surface area contributed by atoms with Crippen LogP contribution in [0.2, 0.25) is 0 Å². The van der Waals surface area contributed by atoms with E-state index in [9.17, 15) is 4.79 Å². The summed E-state index contributed by atoms with van der Waals surface area (Å²) >= 11 is 0. The van der Waals surface area contributed by atoms with E-state index in [0.29, 0.717) is 6.54 Å². The maximum atomic E-state index is 11.8. The fourth-order valence-electron chi connectivity index (χ4n) is 1.88. The van der Waals surface area contributed by atoms with Gasteiger partial charge in [0.1, 0.15) is 0 Å². The van der Waals surface area contributed by atoms with Crippen molar-refractivity contribution in [2.45, 2.75) is 13.5 Å². The summed E-state index contributed by atoms with van der Waals surface area (Å²) in [7, 11) is 0. The molecule has 2 aromatic rings. The maximum Gasteiger partial charge on any atom is 0.244 e. The summed E-state index contributed by atoms with van der Waals surface area (Å²) in [5.41, 5.74) is 3.14. The van der Waals surface area contributed by atoms with Crippen LogP contribution in [0.3, 0.4) is 0 Å². The third kappa shape index (κ3) is 5.49. The van der Waals surface area contributed by atoms with Gasteiger partial charge in [-0.1, -0.05) is 72.8 Å². The van der Waals surface area contributed by atoms with Gasteiger partial charge in [0.25, 0.3) is 0 Å². The van der Waals surface area contributed by atoms with E-state index in [1.54, 1.807) is 6.08 Å². The lowest BCUT2D eigenvalue weighted by molar-refractivity contribution is -0.116. The second-order valence-corrected chi connectivity index (χ2v) is 4.84. The Bertz CT molecular complexity index is 627. The molecule has 0 aliphatic heterocycles. The van der Waals surface area contributed by atoms with Gasteiger partial charge in [-0.2, -0.15) is 0 Å². The molecule has 0 saturated carbocycles. The van der Waals surface area contributed by atoms with Crippen molar-refractivity contribution < 1.29 is 4.79 Å². The molecule has 0 aromatic heterocycles. The first-order chi connectivity index (χ1) is 10.2. The number of hydrogen-bond acceptors (Lipinski definition) is 1. The van der Waals surface area contributed by atoms with Crippen LogP contribution in [0.15, 0.2) is 78.4 Å². The molecule has 0 fully saturated rings. The van der Waals surface area contributed by atoms with Gasteiger partial charge in [-0.05, 0) is 23.6 Å². The molecule has 2 aromatic carbocycles. The van der Waals surface area contributed by atoms with Crippen LogP contribution in [-0.2, 0) is 11.3 Å². The number of amides is 1. The van der Waals surface area contributed by atoms with E-state index in [1.165, 1.54) is 0 Å². The SMILES string of the molecule is CC(=C/C(=O)NCc1ccccc1)/C=C/c1ccccc1. The Kier molecular flexibility index (Phi) is 5.53. The van der Waals surface area contributed by atoms with Crippen LogP contribution >= 0.6 is 0 Å². The molecule has 2 rings (SSSR count). The second-order valence-electron chi connectivity index (χ2n) is 4.84. The Morgan fingerprint density at radius 1 is 1.00 bits per heavy atom. The fourth-order valence-corrected chi connectivity index (χ4v) is 1.88. The van der Waals surface area contributed by atoms with Crippen LogP contribution in [0.25, 0.3) is 6.08 Å². The van der Waals surface area contributed by atoms with Gasteiger partial charge in [0.15, 0.2) is 0 Å². The molecular formula is C19H19NO. The molecule has 0 spiro atoms. The first-order valence-corrected chi connectivity index (χ1v) is 6.97. The van der Waals surface area contributed by atoms with Gasteiger partial charge in [0.05, 0.1) is 0 Å². The van der Waals surface area contributed by atoms with Crippen LogP contribution in [-0.4, -0.2) is 5.91 Å². The molecule has 0 saturated heterocycles. The molecule has 0 radical (unpaired) electrons. The first kappa shape index (κ1) is 14.8. The zero-order valence-corrected chi connectivity index (χ0v) is 12.1. The van der Waals surface area contributed by atoms with Crippen molar-refractivity contribution in [3.8, 4) is 0 Å². The number of rotatable bonds is 5. The normalized spacial score (nSPS) is 11.6. The summed E-state index contributed by atoms with van der Waals surface area (Å²) in [6.45, 7) is 2.47. The van der Waals surface area contributed by atoms with Crippen molar-refractivity contribution in [1.29, 1.82) is 0 Å². The van der Waals surface area contributed by atoms with Gasteiger partial charge in [-0.25, -0.2) is 0 Å². The van der Waals surface area contributed by atoms with Gasteiger partial charge in [0.2, 0.25) is 5.91 Å². The summed E-state index contributed by atoms with van der Waals surface area (Å²) in [5, 5.41) is 2.88. The average molecular weight is 277 g/mol. The predicted octanol–water partition coefficient (Wildman–Crippen LogP) is 3.96. The highest BCUT2D eigenvalue weighted by Crippen LogP contribution is 2.04. The predicted molar refractivity (Wildman–Crippen MR) is 87.5 cm³/mol. The lowest BCUT2D eigenvalue weighted by Crippen LogP contribution is -2.20. The molecule has 106 valence electrons. The summed E-state index contributed by atoms with van der Waals surface area (Å²) in [4.78, 5) is 11.8. The topological polar surface area (TPSA) is 29.1 Å². The molecule has 1 N–H and O–H groups in total. The molecule has 0 aliphatic rings. The molecule has 0 heterocycles. The molecule has 21 heavy (non-hydrogen) atoms. The molecule has 0 atom stereocenters. The minimum atomic E-state index is -0.0749. The van der Waals surface area contributed by atoms with E-state index in [0.717, 1.165) is 16.7 Å². The molecule has 2 heteroatoms. The minimum absolute atomic E-state index is 0.0749. The standard InChI is InChI=1S/C19H19NO/c1-16(12-13-17-8-4-2-5-9-17)14-19(21)20-15-18-10-6-3-7-11-18/h2-14H,15H2,1H3,(H,20,21)/b13-12+,16-14-. The van der Waals surface area contributed by atoms with Crippen molar-refractivity contribution in [2.75, 3.05) is 0 Å².